The standard InChI is InChI=1S/C38H44N8O7/c39-34-31(18-28(42-43-34)26-3-1-2-4-30(26)47)53-16-10-22-19-38(20-23(22)21-38)41-33(49)9-11-44-12-14-45(15-13-44)24-5-6-25-27(17-24)37(52)46(36(25)51)29-7-8-32(48)40-35(29)50/h1-6,17-18,22-23,29,32,47-48H,7-16,19-21H2,(H2,39,43)(H,40,50)(H,41,49). The molecule has 278 valence electrons. The van der Waals surface area contributed by atoms with Crippen LogP contribution in [0, 0.1) is 11.8 Å². The van der Waals surface area contributed by atoms with Gasteiger partial charge in [0.2, 0.25) is 11.8 Å². The quantitative estimate of drug-likeness (QED) is 0.180. The third kappa shape index (κ3) is 6.74. The number of para-hydroxylation sites is 1. The van der Waals surface area contributed by atoms with E-state index in [1.165, 1.54) is 0 Å². The van der Waals surface area contributed by atoms with Gasteiger partial charge in [0.25, 0.3) is 11.8 Å². The van der Waals surface area contributed by atoms with E-state index in [1.807, 2.05) is 12.1 Å². The number of hydrogen-bond acceptors (Lipinski definition) is 12. The Labute approximate surface area is 306 Å². The largest absolute Gasteiger partial charge is 0.507 e. The Kier molecular flexibility index (Phi) is 9.15. The second-order valence-corrected chi connectivity index (χ2v) is 15.0. The van der Waals surface area contributed by atoms with Gasteiger partial charge >= 0.3 is 0 Å². The van der Waals surface area contributed by atoms with Gasteiger partial charge in [-0.05, 0) is 80.7 Å². The lowest BCUT2D eigenvalue weighted by Crippen LogP contribution is -2.55. The number of nitrogen functional groups attached to an aromatic ring is 1. The molecule has 15 nitrogen and oxygen atoms in total. The highest BCUT2D eigenvalue weighted by Gasteiger charge is 2.56. The van der Waals surface area contributed by atoms with Gasteiger partial charge in [-0.15, -0.1) is 10.2 Å². The number of imide groups is 1. The third-order valence-electron chi connectivity index (χ3n) is 11.7. The fourth-order valence-corrected chi connectivity index (χ4v) is 8.85. The van der Waals surface area contributed by atoms with Crippen LogP contribution in [-0.2, 0) is 9.59 Å². The van der Waals surface area contributed by atoms with Crippen LogP contribution in [0.5, 0.6) is 11.5 Å². The summed E-state index contributed by atoms with van der Waals surface area (Å²) in [6.07, 6.45) is 3.69. The fourth-order valence-electron chi connectivity index (χ4n) is 8.85. The minimum Gasteiger partial charge on any atom is -0.507 e. The van der Waals surface area contributed by atoms with Gasteiger partial charge < -0.3 is 36.2 Å². The number of piperidine rings is 1. The molecule has 0 spiro atoms. The number of rotatable bonds is 11. The molecule has 3 saturated carbocycles. The lowest BCUT2D eigenvalue weighted by Gasteiger charge is -2.40. The first-order chi connectivity index (χ1) is 25.6. The second-order valence-electron chi connectivity index (χ2n) is 15.0. The van der Waals surface area contributed by atoms with E-state index in [2.05, 4.69) is 30.6 Å². The van der Waals surface area contributed by atoms with Crippen LogP contribution in [-0.4, -0.2) is 111 Å². The molecule has 2 bridgehead atoms. The summed E-state index contributed by atoms with van der Waals surface area (Å²) in [6, 6.07) is 12.9. The molecule has 4 heterocycles. The molecule has 4 amide bonds. The molecular formula is C38H44N8O7. The smallest absolute Gasteiger partial charge is 0.262 e. The van der Waals surface area contributed by atoms with E-state index in [4.69, 9.17) is 10.5 Å². The minimum absolute atomic E-state index is 0.0719. The molecule has 53 heavy (non-hydrogen) atoms. The number of fused-ring (bicyclic) bond motifs is 2. The van der Waals surface area contributed by atoms with E-state index < -0.39 is 30.0 Å². The zero-order valence-corrected chi connectivity index (χ0v) is 29.4. The maximum Gasteiger partial charge on any atom is 0.262 e. The van der Waals surface area contributed by atoms with Crippen molar-refractivity contribution < 1.29 is 34.1 Å². The predicted molar refractivity (Wildman–Crippen MR) is 193 cm³/mol. The van der Waals surface area contributed by atoms with Gasteiger partial charge in [0, 0.05) is 62.0 Å². The highest BCUT2D eigenvalue weighted by atomic mass is 16.5. The van der Waals surface area contributed by atoms with Crippen molar-refractivity contribution >= 4 is 35.1 Å². The normalized spacial score (nSPS) is 26.6. The summed E-state index contributed by atoms with van der Waals surface area (Å²) in [4.78, 5) is 57.4. The lowest BCUT2D eigenvalue weighted by atomic mass is 9.76. The zero-order chi connectivity index (χ0) is 36.9. The highest BCUT2D eigenvalue weighted by molar-refractivity contribution is 6.23. The zero-order valence-electron chi connectivity index (χ0n) is 29.4. The Morgan fingerprint density at radius 3 is 2.51 bits per heavy atom. The van der Waals surface area contributed by atoms with Crippen LogP contribution < -0.4 is 26.0 Å². The first-order valence-corrected chi connectivity index (χ1v) is 18.4. The molecular weight excluding hydrogens is 680 g/mol. The molecule has 15 heteroatoms. The fraction of sp³-hybridized carbons (Fsp3) is 0.474. The number of aromatic hydroxyl groups is 1. The van der Waals surface area contributed by atoms with E-state index in [9.17, 15) is 29.4 Å². The first kappa shape index (κ1) is 34.8. The second kappa shape index (κ2) is 13.9. The van der Waals surface area contributed by atoms with Gasteiger partial charge in [-0.3, -0.25) is 29.0 Å². The van der Waals surface area contributed by atoms with Crippen LogP contribution in [0.2, 0.25) is 0 Å². The maximum atomic E-state index is 13.3. The van der Waals surface area contributed by atoms with Crippen molar-refractivity contribution in [3.05, 3.63) is 59.7 Å². The van der Waals surface area contributed by atoms with E-state index in [-0.39, 0.29) is 41.4 Å². The van der Waals surface area contributed by atoms with Crippen LogP contribution in [0.25, 0.3) is 11.3 Å². The van der Waals surface area contributed by atoms with Gasteiger partial charge in [0.1, 0.15) is 23.7 Å². The van der Waals surface area contributed by atoms with Crippen LogP contribution in [0.15, 0.2) is 48.5 Å². The Bertz CT molecular complexity index is 1940. The summed E-state index contributed by atoms with van der Waals surface area (Å²) in [6.45, 7) is 4.06. The van der Waals surface area contributed by atoms with Gasteiger partial charge in [-0.25, -0.2) is 0 Å². The van der Waals surface area contributed by atoms with Gasteiger partial charge in [-0.1, -0.05) is 12.1 Å². The number of anilines is 2. The van der Waals surface area contributed by atoms with E-state index in [0.717, 1.165) is 49.4 Å². The third-order valence-corrected chi connectivity index (χ3v) is 11.7. The summed E-state index contributed by atoms with van der Waals surface area (Å²) < 4.78 is 6.03. The maximum absolute atomic E-state index is 13.3. The van der Waals surface area contributed by atoms with E-state index in [1.54, 1.807) is 36.4 Å². The molecule has 6 aliphatic rings. The Morgan fingerprint density at radius 2 is 1.74 bits per heavy atom. The molecule has 3 atom stereocenters. The number of nitrogens with two attached hydrogens (primary N) is 1. The molecule has 2 aromatic carbocycles. The lowest BCUT2D eigenvalue weighted by molar-refractivity contribution is -0.131. The number of aromatic nitrogens is 2. The predicted octanol–water partition coefficient (Wildman–Crippen LogP) is 1.89. The van der Waals surface area contributed by atoms with Crippen molar-refractivity contribution in [1.82, 2.24) is 30.6 Å². The molecule has 6 N–H and O–H groups in total. The summed E-state index contributed by atoms with van der Waals surface area (Å²) in [5.74, 6) is 0.332. The van der Waals surface area contributed by atoms with Crippen LogP contribution in [0.4, 0.5) is 11.5 Å². The Morgan fingerprint density at radius 1 is 0.962 bits per heavy atom. The average molecular weight is 725 g/mol. The number of aliphatic hydroxyl groups excluding tert-OH is 1. The van der Waals surface area contributed by atoms with Crippen molar-refractivity contribution in [2.24, 2.45) is 11.8 Å². The monoisotopic (exact) mass is 724 g/mol. The molecule has 3 aliphatic carbocycles. The van der Waals surface area contributed by atoms with Crippen LogP contribution in [0.3, 0.4) is 0 Å². The summed E-state index contributed by atoms with van der Waals surface area (Å²) in [5.41, 5.74) is 8.35. The van der Waals surface area contributed by atoms with Crippen molar-refractivity contribution in [2.45, 2.75) is 62.8 Å². The molecule has 3 aromatic rings. The number of aliphatic hydroxyl groups is 1. The average Bonchev–Trinajstić information content (AvgIpc) is 3.74. The summed E-state index contributed by atoms with van der Waals surface area (Å²) in [5, 5.41) is 33.8. The van der Waals surface area contributed by atoms with Crippen LogP contribution in [0.1, 0.15) is 65.7 Å². The molecule has 3 unspecified atom stereocenters. The number of phenols is 1. The summed E-state index contributed by atoms with van der Waals surface area (Å²) in [7, 11) is 0. The van der Waals surface area contributed by atoms with E-state index >= 15 is 0 Å². The number of amides is 4. The number of phenolic OH excluding ortho intramolecular Hbond substituents is 1. The molecule has 2 saturated heterocycles. The highest BCUT2D eigenvalue weighted by Crippen LogP contribution is 2.56. The molecule has 1 aromatic heterocycles. The van der Waals surface area contributed by atoms with E-state index in [0.29, 0.717) is 67.1 Å². The number of benzene rings is 2. The van der Waals surface area contributed by atoms with Crippen molar-refractivity contribution in [3.63, 3.8) is 0 Å². The SMILES string of the molecule is Nc1nnc(-c2ccccc2O)cc1OCCC1CC2(NC(=O)CCN3CCN(c4ccc5c(c4)C(=O)N(C4CCC(O)NC4=O)C5=O)CC3)CC1C2. The van der Waals surface area contributed by atoms with Crippen molar-refractivity contribution in [2.75, 3.05) is 50.0 Å². The number of carbonyl (C=O) groups is 4. The number of nitrogens with zero attached hydrogens (tertiary/aromatic N) is 5. The Hall–Kier alpha value is -5.28. The van der Waals surface area contributed by atoms with Crippen molar-refractivity contribution in [1.29, 1.82) is 0 Å². The minimum atomic E-state index is -0.969. The van der Waals surface area contributed by atoms with Gasteiger partial charge in [0.15, 0.2) is 11.6 Å². The Balaban J connectivity index is 0.772. The number of carbonyl (C=O) groups excluding carboxylic acids is 4. The first-order valence-electron chi connectivity index (χ1n) is 18.4. The van der Waals surface area contributed by atoms with Crippen molar-refractivity contribution in [3.8, 4) is 22.8 Å². The number of piperazine rings is 1. The van der Waals surface area contributed by atoms with Gasteiger partial charge in [0.05, 0.1) is 17.7 Å². The summed E-state index contributed by atoms with van der Waals surface area (Å²) >= 11 is 0. The van der Waals surface area contributed by atoms with Crippen LogP contribution >= 0.6 is 0 Å². The number of nitrogens with one attached hydrogen (secondary N) is 2. The molecule has 3 aliphatic heterocycles. The topological polar surface area (TPSA) is 204 Å². The number of ether oxygens (including phenoxy) is 1. The molecule has 5 fully saturated rings. The molecule has 9 rings (SSSR count). The molecule has 0 radical (unpaired) electrons. The number of hydrogen-bond donors (Lipinski definition) is 5. The van der Waals surface area contributed by atoms with Gasteiger partial charge in [-0.2, -0.15) is 0 Å².